The second kappa shape index (κ2) is 11.8. The molecule has 1 heterocycles. The van der Waals surface area contributed by atoms with E-state index in [1.807, 2.05) is 26.0 Å². The Morgan fingerprint density at radius 1 is 1.20 bits per heavy atom. The van der Waals surface area contributed by atoms with Gasteiger partial charge < -0.3 is 10.4 Å². The maximum atomic E-state index is 12.9. The molecule has 1 amide bonds. The molecule has 2 aromatic carbocycles. The van der Waals surface area contributed by atoms with Gasteiger partial charge in [0.2, 0.25) is 0 Å². The number of aryl methyl sites for hydroxylation is 1. The number of aliphatic carboxylic acids is 1. The van der Waals surface area contributed by atoms with E-state index in [9.17, 15) is 19.5 Å². The van der Waals surface area contributed by atoms with E-state index < -0.39 is 17.9 Å². The number of allylic oxidation sites excluding steroid dienone is 3. The lowest BCUT2D eigenvalue weighted by molar-refractivity contribution is -0.141. The van der Waals surface area contributed by atoms with Gasteiger partial charge in [-0.3, -0.25) is 9.59 Å². The predicted molar refractivity (Wildman–Crippen MR) is 136 cm³/mol. The molecule has 0 aliphatic rings. The first-order chi connectivity index (χ1) is 16.8. The van der Waals surface area contributed by atoms with Gasteiger partial charge in [0.1, 0.15) is 11.6 Å². The van der Waals surface area contributed by atoms with Crippen molar-refractivity contribution in [3.8, 4) is 5.69 Å². The molecule has 0 spiro atoms. The molecule has 0 saturated heterocycles. The Morgan fingerprint density at radius 2 is 1.91 bits per heavy atom. The van der Waals surface area contributed by atoms with Crippen molar-refractivity contribution in [3.05, 3.63) is 86.7 Å². The number of amides is 1. The van der Waals surface area contributed by atoms with E-state index in [1.165, 1.54) is 4.68 Å². The molecule has 0 aliphatic carbocycles. The molecule has 1 aromatic heterocycles. The highest BCUT2D eigenvalue weighted by atomic mass is 35.5. The van der Waals surface area contributed by atoms with Crippen molar-refractivity contribution in [2.45, 2.75) is 32.7 Å². The van der Waals surface area contributed by atoms with Crippen LogP contribution < -0.4 is 10.9 Å². The predicted octanol–water partition coefficient (Wildman–Crippen LogP) is 3.90. The van der Waals surface area contributed by atoms with Crippen molar-refractivity contribution in [2.75, 3.05) is 5.88 Å². The number of alkyl halides is 1. The van der Waals surface area contributed by atoms with Gasteiger partial charge in [-0.2, -0.15) is 4.68 Å². The molecule has 35 heavy (non-hydrogen) atoms. The molecular weight excluding hydrogens is 491 g/mol. The molecule has 0 aliphatic heterocycles. The third kappa shape index (κ3) is 6.15. The quantitative estimate of drug-likeness (QED) is 0.254. The van der Waals surface area contributed by atoms with E-state index in [4.69, 9.17) is 23.2 Å². The van der Waals surface area contributed by atoms with Crippen LogP contribution in [0.1, 0.15) is 24.5 Å². The summed E-state index contributed by atoms with van der Waals surface area (Å²) >= 11 is 12.0. The number of carboxylic acids is 1. The minimum atomic E-state index is -1.21. The molecule has 3 aromatic rings. The summed E-state index contributed by atoms with van der Waals surface area (Å²) < 4.78 is 1.19. The van der Waals surface area contributed by atoms with Crippen molar-refractivity contribution in [1.82, 2.24) is 20.3 Å². The zero-order valence-electron chi connectivity index (χ0n) is 19.2. The molecule has 0 saturated carbocycles. The second-order valence-electron chi connectivity index (χ2n) is 7.78. The lowest BCUT2D eigenvalue weighted by atomic mass is 10.0. The van der Waals surface area contributed by atoms with E-state index in [0.717, 1.165) is 12.0 Å². The standard InChI is InChI=1S/C25H24Cl2N4O4/c1-3-4-7-19(27)18(14-26)23(32)28-21(25(34)35)13-16-9-11-17(12-10-16)31-24(33)22-15(2)6-5-8-20(22)29-30-31/h4-12,21H,3,13-14H2,1-2H3,(H,28,32)(H,34,35)/b7-4-,19-18-. The number of carbonyl (C=O) groups excluding carboxylic acids is 1. The van der Waals surface area contributed by atoms with Crippen molar-refractivity contribution < 1.29 is 14.7 Å². The summed E-state index contributed by atoms with van der Waals surface area (Å²) in [5, 5.41) is 20.9. The van der Waals surface area contributed by atoms with Crippen molar-refractivity contribution in [2.24, 2.45) is 0 Å². The number of hydrogen-bond donors (Lipinski definition) is 2. The van der Waals surface area contributed by atoms with Gasteiger partial charge >= 0.3 is 5.97 Å². The minimum absolute atomic E-state index is 0.0107. The number of nitrogens with one attached hydrogen (secondary N) is 1. The Morgan fingerprint density at radius 3 is 2.54 bits per heavy atom. The Balaban J connectivity index is 1.82. The average molecular weight is 515 g/mol. The van der Waals surface area contributed by atoms with Gasteiger partial charge in [0, 0.05) is 6.42 Å². The molecule has 10 heteroatoms. The zero-order valence-corrected chi connectivity index (χ0v) is 20.7. The summed E-state index contributed by atoms with van der Waals surface area (Å²) in [6, 6.07) is 10.8. The lowest BCUT2D eigenvalue weighted by Crippen LogP contribution is -2.43. The molecule has 182 valence electrons. The van der Waals surface area contributed by atoms with E-state index in [-0.39, 0.29) is 28.5 Å². The van der Waals surface area contributed by atoms with Crippen LogP contribution in [0.3, 0.4) is 0 Å². The van der Waals surface area contributed by atoms with Crippen LogP contribution in [0.5, 0.6) is 0 Å². The Bertz CT molecular complexity index is 1360. The van der Waals surface area contributed by atoms with E-state index in [0.29, 0.717) is 22.2 Å². The maximum Gasteiger partial charge on any atom is 0.326 e. The van der Waals surface area contributed by atoms with E-state index in [1.54, 1.807) is 42.5 Å². The Hall–Kier alpha value is -3.49. The molecule has 0 radical (unpaired) electrons. The van der Waals surface area contributed by atoms with Crippen LogP contribution in [0.25, 0.3) is 16.6 Å². The Labute approximate surface area is 211 Å². The van der Waals surface area contributed by atoms with Crippen LogP contribution in [0.2, 0.25) is 0 Å². The summed E-state index contributed by atoms with van der Waals surface area (Å²) in [5.74, 6) is -2.02. The van der Waals surface area contributed by atoms with Gasteiger partial charge in [-0.25, -0.2) is 4.79 Å². The minimum Gasteiger partial charge on any atom is -0.480 e. The number of benzene rings is 2. The summed E-state index contributed by atoms with van der Waals surface area (Å²) in [6.07, 6.45) is 4.06. The molecule has 2 N–H and O–H groups in total. The van der Waals surface area contributed by atoms with Gasteiger partial charge in [-0.15, -0.1) is 16.7 Å². The Kier molecular flexibility index (Phi) is 8.78. The number of halogens is 2. The number of rotatable bonds is 9. The van der Waals surface area contributed by atoms with Crippen molar-refractivity contribution >= 4 is 46.0 Å². The van der Waals surface area contributed by atoms with E-state index in [2.05, 4.69) is 15.6 Å². The van der Waals surface area contributed by atoms with Crippen LogP contribution in [0, 0.1) is 6.92 Å². The highest BCUT2D eigenvalue weighted by Gasteiger charge is 2.23. The monoisotopic (exact) mass is 514 g/mol. The number of aromatic nitrogens is 3. The van der Waals surface area contributed by atoms with Gasteiger partial charge in [-0.1, -0.05) is 54.1 Å². The third-order valence-corrected chi connectivity index (χ3v) is 5.94. The molecule has 8 nitrogen and oxygen atoms in total. The summed E-state index contributed by atoms with van der Waals surface area (Å²) in [5.41, 5.74) is 2.21. The number of fused-ring (bicyclic) bond motifs is 1. The van der Waals surface area contributed by atoms with Crippen LogP contribution in [0.15, 0.2) is 70.0 Å². The molecule has 3 rings (SSSR count). The third-order valence-electron chi connectivity index (χ3n) is 5.32. The van der Waals surface area contributed by atoms with Gasteiger partial charge in [0.25, 0.3) is 11.5 Å². The first-order valence-electron chi connectivity index (χ1n) is 10.9. The molecule has 1 atom stereocenters. The van der Waals surface area contributed by atoms with Gasteiger partial charge in [-0.05, 0) is 48.7 Å². The number of nitrogens with zero attached hydrogens (tertiary/aromatic N) is 3. The topological polar surface area (TPSA) is 114 Å². The highest BCUT2D eigenvalue weighted by molar-refractivity contribution is 6.35. The first kappa shape index (κ1) is 26.1. The smallest absolute Gasteiger partial charge is 0.326 e. The van der Waals surface area contributed by atoms with Crippen molar-refractivity contribution in [1.29, 1.82) is 0 Å². The molecule has 0 fully saturated rings. The van der Waals surface area contributed by atoms with E-state index >= 15 is 0 Å². The lowest BCUT2D eigenvalue weighted by Gasteiger charge is -2.16. The number of carbonyl (C=O) groups is 2. The fourth-order valence-electron chi connectivity index (χ4n) is 3.43. The SMILES string of the molecule is CC/C=C\C(Cl)=C(/CCl)C(=O)NC(Cc1ccc(-n2nnc3cccc(C)c3c2=O)cc1)C(=O)O. The highest BCUT2D eigenvalue weighted by Crippen LogP contribution is 2.16. The summed E-state index contributed by atoms with van der Waals surface area (Å²) in [4.78, 5) is 37.4. The summed E-state index contributed by atoms with van der Waals surface area (Å²) in [6.45, 7) is 3.74. The largest absolute Gasteiger partial charge is 0.480 e. The van der Waals surface area contributed by atoms with Crippen LogP contribution in [-0.4, -0.2) is 43.9 Å². The van der Waals surface area contributed by atoms with Crippen LogP contribution >= 0.6 is 23.2 Å². The van der Waals surface area contributed by atoms with Crippen LogP contribution in [-0.2, 0) is 16.0 Å². The average Bonchev–Trinajstić information content (AvgIpc) is 2.83. The second-order valence-corrected chi connectivity index (χ2v) is 8.46. The molecular formula is C25H24Cl2N4O4. The normalized spacial score (nSPS) is 13.0. The number of hydrogen-bond acceptors (Lipinski definition) is 5. The maximum absolute atomic E-state index is 12.9. The van der Waals surface area contributed by atoms with Gasteiger partial charge in [0.05, 0.1) is 27.6 Å². The fraction of sp³-hybridized carbons (Fsp3) is 0.240. The zero-order chi connectivity index (χ0) is 25.5. The first-order valence-corrected chi connectivity index (χ1v) is 11.8. The fourth-order valence-corrected chi connectivity index (χ4v) is 4.01. The molecule has 0 bridgehead atoms. The number of carboxylic acid groups (broad SMARTS) is 1. The van der Waals surface area contributed by atoms with Gasteiger partial charge in [0.15, 0.2) is 0 Å². The van der Waals surface area contributed by atoms with Crippen molar-refractivity contribution in [3.63, 3.8) is 0 Å². The van der Waals surface area contributed by atoms with Crippen LogP contribution in [0.4, 0.5) is 0 Å². The molecule has 1 unspecified atom stereocenters. The summed E-state index contributed by atoms with van der Waals surface area (Å²) in [7, 11) is 0.